The van der Waals surface area contributed by atoms with Crippen molar-refractivity contribution in [3.63, 3.8) is 0 Å². The molecule has 0 spiro atoms. The van der Waals surface area contributed by atoms with Crippen molar-refractivity contribution >= 4 is 11.8 Å². The second-order valence-electron chi connectivity index (χ2n) is 5.17. The van der Waals surface area contributed by atoms with Crippen molar-refractivity contribution < 1.29 is 14.3 Å². The van der Waals surface area contributed by atoms with E-state index in [1.54, 1.807) is 6.92 Å². The second kappa shape index (κ2) is 5.29. The molecular formula is C12H22O3. The lowest BCUT2D eigenvalue weighted by Gasteiger charge is -2.22. The van der Waals surface area contributed by atoms with E-state index in [-0.39, 0.29) is 23.6 Å². The molecule has 0 aliphatic rings. The fraction of sp³-hybridized carbons (Fsp3) is 0.833. The van der Waals surface area contributed by atoms with Crippen molar-refractivity contribution in [2.75, 3.05) is 0 Å². The van der Waals surface area contributed by atoms with Crippen LogP contribution < -0.4 is 0 Å². The molecule has 0 bridgehead atoms. The number of hydrogen-bond acceptors (Lipinski definition) is 3. The molecule has 0 unspecified atom stereocenters. The van der Waals surface area contributed by atoms with Gasteiger partial charge in [0, 0.05) is 12.3 Å². The number of carbonyl (C=O) groups excluding carboxylic acids is 2. The summed E-state index contributed by atoms with van der Waals surface area (Å²) in [4.78, 5) is 22.6. The monoisotopic (exact) mass is 214 g/mol. The van der Waals surface area contributed by atoms with E-state index in [1.807, 2.05) is 34.6 Å². The highest BCUT2D eigenvalue weighted by atomic mass is 16.6. The van der Waals surface area contributed by atoms with Crippen molar-refractivity contribution in [1.82, 2.24) is 0 Å². The van der Waals surface area contributed by atoms with E-state index in [0.29, 0.717) is 6.42 Å². The Balaban J connectivity index is 4.13. The predicted molar refractivity (Wildman–Crippen MR) is 59.5 cm³/mol. The number of Topliss-reactive ketones (excluding diaryl/α,β-unsaturated/α-hetero) is 1. The van der Waals surface area contributed by atoms with Gasteiger partial charge in [-0.1, -0.05) is 13.8 Å². The van der Waals surface area contributed by atoms with E-state index in [0.717, 1.165) is 0 Å². The van der Waals surface area contributed by atoms with E-state index in [2.05, 4.69) is 0 Å². The summed E-state index contributed by atoms with van der Waals surface area (Å²) < 4.78 is 5.19. The van der Waals surface area contributed by atoms with Crippen LogP contribution in [0.4, 0.5) is 0 Å². The molecule has 0 rings (SSSR count). The zero-order valence-corrected chi connectivity index (χ0v) is 10.6. The Morgan fingerprint density at radius 1 is 1.20 bits per heavy atom. The Kier molecular flexibility index (Phi) is 4.98. The van der Waals surface area contributed by atoms with Crippen LogP contribution in [0, 0.1) is 11.8 Å². The fourth-order valence-electron chi connectivity index (χ4n) is 1.22. The maximum Gasteiger partial charge on any atom is 0.306 e. The molecule has 15 heavy (non-hydrogen) atoms. The van der Waals surface area contributed by atoms with E-state index in [9.17, 15) is 9.59 Å². The van der Waals surface area contributed by atoms with Gasteiger partial charge in [0.25, 0.3) is 0 Å². The molecule has 0 radical (unpaired) electrons. The highest BCUT2D eigenvalue weighted by Gasteiger charge is 2.23. The van der Waals surface area contributed by atoms with E-state index >= 15 is 0 Å². The molecule has 2 atom stereocenters. The molecule has 0 fully saturated rings. The van der Waals surface area contributed by atoms with Crippen molar-refractivity contribution in [3.05, 3.63) is 0 Å². The van der Waals surface area contributed by atoms with Crippen LogP contribution in [0.1, 0.15) is 48.0 Å². The van der Waals surface area contributed by atoms with Crippen LogP contribution in [0.15, 0.2) is 0 Å². The maximum atomic E-state index is 11.5. The molecule has 0 saturated heterocycles. The number of rotatable bonds is 4. The third-order valence-electron chi connectivity index (χ3n) is 2.40. The zero-order valence-electron chi connectivity index (χ0n) is 10.6. The molecule has 0 aromatic rings. The first-order chi connectivity index (χ1) is 6.63. The Morgan fingerprint density at radius 3 is 2.00 bits per heavy atom. The van der Waals surface area contributed by atoms with Crippen LogP contribution in [0.25, 0.3) is 0 Å². The van der Waals surface area contributed by atoms with Gasteiger partial charge in [0.15, 0.2) is 0 Å². The van der Waals surface area contributed by atoms with Gasteiger partial charge in [-0.25, -0.2) is 0 Å². The van der Waals surface area contributed by atoms with Crippen molar-refractivity contribution in [1.29, 1.82) is 0 Å². The first-order valence-corrected chi connectivity index (χ1v) is 5.36. The van der Waals surface area contributed by atoms with Gasteiger partial charge in [0.1, 0.15) is 11.4 Å². The van der Waals surface area contributed by atoms with Gasteiger partial charge in [-0.2, -0.15) is 0 Å². The molecule has 0 heterocycles. The van der Waals surface area contributed by atoms with Crippen LogP contribution in [-0.4, -0.2) is 17.4 Å². The van der Waals surface area contributed by atoms with E-state index < -0.39 is 5.60 Å². The number of ether oxygens (including phenoxy) is 1. The lowest BCUT2D eigenvalue weighted by atomic mass is 9.90. The van der Waals surface area contributed by atoms with Gasteiger partial charge in [0.05, 0.1) is 0 Å². The van der Waals surface area contributed by atoms with E-state index in [1.165, 1.54) is 0 Å². The summed E-state index contributed by atoms with van der Waals surface area (Å²) in [5.41, 5.74) is -0.448. The standard InChI is InChI=1S/C12H22O3/c1-8(9(2)10(3)13)7-11(14)15-12(4,5)6/h8-9H,7H2,1-6H3/t8-,9+/m1/s1. The Bertz CT molecular complexity index is 238. The average molecular weight is 214 g/mol. The highest BCUT2D eigenvalue weighted by molar-refractivity contribution is 5.79. The molecule has 88 valence electrons. The van der Waals surface area contributed by atoms with E-state index in [4.69, 9.17) is 4.74 Å². The van der Waals surface area contributed by atoms with Gasteiger partial charge in [-0.05, 0) is 33.6 Å². The van der Waals surface area contributed by atoms with Gasteiger partial charge in [-0.3, -0.25) is 9.59 Å². The van der Waals surface area contributed by atoms with Gasteiger partial charge >= 0.3 is 5.97 Å². The largest absolute Gasteiger partial charge is 0.460 e. The molecular weight excluding hydrogens is 192 g/mol. The second-order valence-corrected chi connectivity index (χ2v) is 5.17. The summed E-state index contributed by atoms with van der Waals surface area (Å²) in [6, 6.07) is 0. The molecule has 3 nitrogen and oxygen atoms in total. The molecule has 0 N–H and O–H groups in total. The molecule has 0 saturated carbocycles. The Labute approximate surface area is 92.2 Å². The zero-order chi connectivity index (χ0) is 12.2. The lowest BCUT2D eigenvalue weighted by molar-refractivity contribution is -0.156. The fourth-order valence-corrected chi connectivity index (χ4v) is 1.22. The average Bonchev–Trinajstić information content (AvgIpc) is 1.98. The van der Waals surface area contributed by atoms with Crippen LogP contribution in [0.5, 0.6) is 0 Å². The summed E-state index contributed by atoms with van der Waals surface area (Å²) in [6.07, 6.45) is 0.304. The summed E-state index contributed by atoms with van der Waals surface area (Å²) in [7, 11) is 0. The third kappa shape index (κ3) is 6.26. The topological polar surface area (TPSA) is 43.4 Å². The van der Waals surface area contributed by atoms with Crippen LogP contribution in [0.2, 0.25) is 0 Å². The lowest BCUT2D eigenvalue weighted by Crippen LogP contribution is -2.27. The smallest absolute Gasteiger partial charge is 0.306 e. The number of hydrogen-bond donors (Lipinski definition) is 0. The number of carbonyl (C=O) groups is 2. The highest BCUT2D eigenvalue weighted by Crippen LogP contribution is 2.18. The van der Waals surface area contributed by atoms with Crippen LogP contribution >= 0.6 is 0 Å². The summed E-state index contributed by atoms with van der Waals surface area (Å²) in [5, 5.41) is 0. The first-order valence-electron chi connectivity index (χ1n) is 5.36. The molecule has 0 aromatic carbocycles. The molecule has 0 aliphatic carbocycles. The Morgan fingerprint density at radius 2 is 1.67 bits per heavy atom. The molecule has 3 heteroatoms. The molecule has 0 aliphatic heterocycles. The predicted octanol–water partition coefficient (Wildman–Crippen LogP) is 2.58. The summed E-state index contributed by atoms with van der Waals surface area (Å²) >= 11 is 0. The minimum atomic E-state index is -0.448. The third-order valence-corrected chi connectivity index (χ3v) is 2.40. The van der Waals surface area contributed by atoms with Gasteiger partial charge in [-0.15, -0.1) is 0 Å². The van der Waals surface area contributed by atoms with Crippen LogP contribution in [0.3, 0.4) is 0 Å². The minimum absolute atomic E-state index is 0.0392. The Hall–Kier alpha value is -0.860. The summed E-state index contributed by atoms with van der Waals surface area (Å²) in [6.45, 7) is 10.8. The molecule has 0 amide bonds. The minimum Gasteiger partial charge on any atom is -0.460 e. The van der Waals surface area contributed by atoms with Crippen molar-refractivity contribution in [3.8, 4) is 0 Å². The van der Waals surface area contributed by atoms with Gasteiger partial charge < -0.3 is 4.74 Å². The number of ketones is 1. The van der Waals surface area contributed by atoms with Crippen molar-refractivity contribution in [2.45, 2.75) is 53.6 Å². The molecule has 0 aromatic heterocycles. The maximum absolute atomic E-state index is 11.5. The normalized spacial score (nSPS) is 15.6. The quantitative estimate of drug-likeness (QED) is 0.675. The SMILES string of the molecule is CC(=O)[C@@H](C)[C@H](C)CC(=O)OC(C)(C)C. The summed E-state index contributed by atoms with van der Waals surface area (Å²) in [5.74, 6) is -0.163. The van der Waals surface area contributed by atoms with Gasteiger partial charge in [0.2, 0.25) is 0 Å². The van der Waals surface area contributed by atoms with Crippen molar-refractivity contribution in [2.24, 2.45) is 11.8 Å². The first kappa shape index (κ1) is 14.1. The number of esters is 1. The van der Waals surface area contributed by atoms with Crippen LogP contribution in [-0.2, 0) is 14.3 Å².